The van der Waals surface area contributed by atoms with Crippen LogP contribution < -0.4 is 10.6 Å². The Labute approximate surface area is 148 Å². The molecule has 2 N–H and O–H groups in total. The van der Waals surface area contributed by atoms with Crippen LogP contribution in [-0.2, 0) is 19.1 Å². The average molecular weight is 346 g/mol. The maximum absolute atomic E-state index is 12.1. The van der Waals surface area contributed by atoms with Crippen molar-refractivity contribution >= 4 is 29.5 Å². The summed E-state index contributed by atoms with van der Waals surface area (Å²) < 4.78 is 4.80. The first-order valence-electron chi connectivity index (χ1n) is 8.20. The maximum atomic E-state index is 12.1. The average Bonchev–Trinajstić information content (AvgIpc) is 2.53. The van der Waals surface area contributed by atoms with E-state index in [2.05, 4.69) is 10.6 Å². The Morgan fingerprint density at radius 3 is 2.28 bits per heavy atom. The number of carbonyl (C=O) groups excluding carboxylic acids is 3. The molecule has 0 radical (unpaired) electrons. The van der Waals surface area contributed by atoms with Crippen LogP contribution in [0.1, 0.15) is 40.2 Å². The molecule has 25 heavy (non-hydrogen) atoms. The normalized spacial score (nSPS) is 12.5. The molecule has 0 aromatic heterocycles. The van der Waals surface area contributed by atoms with Crippen molar-refractivity contribution in [3.8, 4) is 0 Å². The second kappa shape index (κ2) is 9.01. The molecule has 6 heteroatoms. The van der Waals surface area contributed by atoms with E-state index in [1.807, 2.05) is 0 Å². The first-order chi connectivity index (χ1) is 11.6. The van der Waals surface area contributed by atoms with Gasteiger partial charge in [-0.3, -0.25) is 9.59 Å². The van der Waals surface area contributed by atoms with Crippen LogP contribution in [0.5, 0.6) is 0 Å². The third-order valence-electron chi connectivity index (χ3n) is 3.30. The summed E-state index contributed by atoms with van der Waals surface area (Å²) in [4.78, 5) is 35.3. The fraction of sp³-hybridized carbons (Fsp3) is 0.421. The van der Waals surface area contributed by atoms with Crippen LogP contribution in [0.4, 0.5) is 5.69 Å². The number of hydrogen-bond acceptors (Lipinski definition) is 4. The minimum Gasteiger partial charge on any atom is -0.463 e. The van der Waals surface area contributed by atoms with E-state index in [-0.39, 0.29) is 11.8 Å². The van der Waals surface area contributed by atoms with Crippen LogP contribution in [-0.4, -0.2) is 30.4 Å². The third kappa shape index (κ3) is 7.20. The Morgan fingerprint density at radius 1 is 1.16 bits per heavy atom. The molecule has 6 nitrogen and oxygen atoms in total. The largest absolute Gasteiger partial charge is 0.463 e. The van der Waals surface area contributed by atoms with Crippen LogP contribution >= 0.6 is 0 Å². The van der Waals surface area contributed by atoms with Gasteiger partial charge in [0.15, 0.2) is 0 Å². The predicted molar refractivity (Wildman–Crippen MR) is 97.8 cm³/mol. The molecule has 136 valence electrons. The van der Waals surface area contributed by atoms with Gasteiger partial charge in [0.1, 0.15) is 6.04 Å². The van der Waals surface area contributed by atoms with E-state index in [0.29, 0.717) is 12.3 Å². The molecule has 0 saturated carbocycles. The Balaban J connectivity index is 2.61. The predicted octanol–water partition coefficient (Wildman–Crippen LogP) is 2.75. The molecule has 0 saturated heterocycles. The molecular formula is C19H26N2O4. The lowest BCUT2D eigenvalue weighted by molar-refractivity contribution is -0.137. The summed E-state index contributed by atoms with van der Waals surface area (Å²) in [6.45, 7) is 9.07. The minimum absolute atomic E-state index is 0.186. The fourth-order valence-corrected chi connectivity index (χ4v) is 1.76. The van der Waals surface area contributed by atoms with E-state index in [1.54, 1.807) is 65.0 Å². The molecule has 1 rings (SSSR count). The molecule has 0 aliphatic rings. The quantitative estimate of drug-likeness (QED) is 0.613. The Hall–Kier alpha value is -2.63. The third-order valence-corrected chi connectivity index (χ3v) is 3.30. The van der Waals surface area contributed by atoms with Gasteiger partial charge in [-0.05, 0) is 37.6 Å². The molecule has 1 atom stereocenters. The monoisotopic (exact) mass is 346 g/mol. The number of rotatable bonds is 6. The van der Waals surface area contributed by atoms with Gasteiger partial charge in [0, 0.05) is 17.2 Å². The highest BCUT2D eigenvalue weighted by Gasteiger charge is 2.25. The van der Waals surface area contributed by atoms with Crippen LogP contribution in [0, 0.1) is 5.41 Å². The lowest BCUT2D eigenvalue weighted by Gasteiger charge is -2.21. The molecule has 0 bridgehead atoms. The first kappa shape index (κ1) is 20.4. The Kier molecular flexibility index (Phi) is 7.36. The van der Waals surface area contributed by atoms with Crippen LogP contribution in [0.3, 0.4) is 0 Å². The van der Waals surface area contributed by atoms with Gasteiger partial charge < -0.3 is 15.4 Å². The number of ether oxygens (including phenoxy) is 1. The van der Waals surface area contributed by atoms with Gasteiger partial charge in [0.25, 0.3) is 0 Å². The summed E-state index contributed by atoms with van der Waals surface area (Å²) in [5, 5.41) is 5.42. The van der Waals surface area contributed by atoms with Crippen molar-refractivity contribution in [3.63, 3.8) is 0 Å². The lowest BCUT2D eigenvalue weighted by Crippen LogP contribution is -2.46. The number of esters is 1. The van der Waals surface area contributed by atoms with Crippen molar-refractivity contribution in [2.24, 2.45) is 5.41 Å². The number of anilines is 1. The smallest absolute Gasteiger partial charge is 0.330 e. The Morgan fingerprint density at radius 2 is 1.76 bits per heavy atom. The number of nitrogens with one attached hydrogen (secondary N) is 2. The summed E-state index contributed by atoms with van der Waals surface area (Å²) in [7, 11) is 0. The van der Waals surface area contributed by atoms with Crippen molar-refractivity contribution in [2.75, 3.05) is 11.9 Å². The highest BCUT2D eigenvalue weighted by atomic mass is 16.5. The van der Waals surface area contributed by atoms with Gasteiger partial charge in [-0.2, -0.15) is 0 Å². The number of hydrogen-bond donors (Lipinski definition) is 2. The lowest BCUT2D eigenvalue weighted by atomic mass is 9.95. The molecule has 1 aromatic carbocycles. The molecule has 2 amide bonds. The summed E-state index contributed by atoms with van der Waals surface area (Å²) in [6.07, 6.45) is 2.98. The minimum atomic E-state index is -0.643. The summed E-state index contributed by atoms with van der Waals surface area (Å²) in [5.74, 6) is -0.884. The van der Waals surface area contributed by atoms with Crippen LogP contribution in [0.15, 0.2) is 30.3 Å². The fourth-order valence-electron chi connectivity index (χ4n) is 1.76. The van der Waals surface area contributed by atoms with E-state index >= 15 is 0 Å². The van der Waals surface area contributed by atoms with Crippen molar-refractivity contribution in [1.29, 1.82) is 0 Å². The molecule has 0 aliphatic heterocycles. The highest BCUT2D eigenvalue weighted by molar-refractivity contribution is 5.97. The zero-order valence-electron chi connectivity index (χ0n) is 15.4. The molecular weight excluding hydrogens is 320 g/mol. The summed E-state index contributed by atoms with van der Waals surface area (Å²) >= 11 is 0. The van der Waals surface area contributed by atoms with E-state index in [0.717, 1.165) is 5.56 Å². The van der Waals surface area contributed by atoms with Gasteiger partial charge in [0.05, 0.1) is 6.61 Å². The zero-order valence-corrected chi connectivity index (χ0v) is 15.4. The molecule has 0 fully saturated rings. The summed E-state index contributed by atoms with van der Waals surface area (Å²) in [6, 6.07) is 6.34. The molecule has 0 spiro atoms. The first-order valence-corrected chi connectivity index (χ1v) is 8.20. The molecule has 0 heterocycles. The molecule has 1 aromatic rings. The van der Waals surface area contributed by atoms with Crippen LogP contribution in [0.25, 0.3) is 6.08 Å². The Bertz CT molecular complexity index is 642. The number of benzene rings is 1. The summed E-state index contributed by atoms with van der Waals surface area (Å²) in [5.41, 5.74) is 0.858. The van der Waals surface area contributed by atoms with Crippen molar-refractivity contribution in [1.82, 2.24) is 5.32 Å². The van der Waals surface area contributed by atoms with Crippen molar-refractivity contribution in [2.45, 2.75) is 40.7 Å². The second-order valence-corrected chi connectivity index (χ2v) is 6.64. The highest BCUT2D eigenvalue weighted by Crippen LogP contribution is 2.14. The SMILES string of the molecule is CCOC(=O)/C=C/c1ccc(NC(=O)C(C)NC(=O)C(C)(C)C)cc1. The van der Waals surface area contributed by atoms with E-state index in [4.69, 9.17) is 4.74 Å². The van der Waals surface area contributed by atoms with Crippen molar-refractivity contribution < 1.29 is 19.1 Å². The van der Waals surface area contributed by atoms with E-state index < -0.39 is 17.4 Å². The molecule has 0 aliphatic carbocycles. The van der Waals surface area contributed by atoms with Gasteiger partial charge in [-0.15, -0.1) is 0 Å². The topological polar surface area (TPSA) is 84.5 Å². The zero-order chi connectivity index (χ0) is 19.0. The van der Waals surface area contributed by atoms with Gasteiger partial charge in [-0.1, -0.05) is 32.9 Å². The van der Waals surface area contributed by atoms with Crippen molar-refractivity contribution in [3.05, 3.63) is 35.9 Å². The van der Waals surface area contributed by atoms with Gasteiger partial charge in [0.2, 0.25) is 11.8 Å². The van der Waals surface area contributed by atoms with E-state index in [9.17, 15) is 14.4 Å². The van der Waals surface area contributed by atoms with E-state index in [1.165, 1.54) is 6.08 Å². The van der Waals surface area contributed by atoms with Gasteiger partial charge >= 0.3 is 5.97 Å². The van der Waals surface area contributed by atoms with Crippen LogP contribution in [0.2, 0.25) is 0 Å². The second-order valence-electron chi connectivity index (χ2n) is 6.64. The number of amides is 2. The standard InChI is InChI=1S/C19H26N2O4/c1-6-25-16(22)12-9-14-7-10-15(11-8-14)21-17(23)13(2)20-18(24)19(3,4)5/h7-13H,6H2,1-5H3,(H,20,24)(H,21,23)/b12-9+. The maximum Gasteiger partial charge on any atom is 0.330 e. The molecule has 1 unspecified atom stereocenters. The number of carbonyl (C=O) groups is 3. The van der Waals surface area contributed by atoms with Gasteiger partial charge in [-0.25, -0.2) is 4.79 Å².